The number of nitrogens with one attached hydrogen (secondary N) is 3. The van der Waals surface area contributed by atoms with Crippen molar-refractivity contribution in [2.24, 2.45) is 5.73 Å². The molecule has 0 aliphatic carbocycles. The maximum atomic E-state index is 11.9. The fourth-order valence-electron chi connectivity index (χ4n) is 1.81. The van der Waals surface area contributed by atoms with E-state index in [4.69, 9.17) is 5.73 Å². The van der Waals surface area contributed by atoms with Crippen LogP contribution >= 0.6 is 0 Å². The minimum absolute atomic E-state index is 0.0148. The molecule has 2 unspecified atom stereocenters. The minimum Gasteiger partial charge on any atom is -0.331 e. The lowest BCUT2D eigenvalue weighted by Gasteiger charge is -2.13. The van der Waals surface area contributed by atoms with Gasteiger partial charge in [-0.05, 0) is 31.5 Å². The van der Waals surface area contributed by atoms with E-state index >= 15 is 0 Å². The first-order valence-corrected chi connectivity index (χ1v) is 6.48. The van der Waals surface area contributed by atoms with Crippen molar-refractivity contribution in [2.45, 2.75) is 25.9 Å². The van der Waals surface area contributed by atoms with Gasteiger partial charge in [-0.25, -0.2) is 4.79 Å². The van der Waals surface area contributed by atoms with E-state index in [1.807, 2.05) is 38.1 Å². The van der Waals surface area contributed by atoms with Gasteiger partial charge in [0, 0.05) is 23.5 Å². The number of amides is 2. The molecule has 0 aliphatic heterocycles. The number of urea groups is 1. The fraction of sp³-hybridized carbons (Fsp3) is 0.286. The topological polar surface area (TPSA) is 95.8 Å². The van der Waals surface area contributed by atoms with Crippen LogP contribution in [-0.4, -0.2) is 16.2 Å². The number of rotatable bonds is 4. The highest BCUT2D eigenvalue weighted by atomic mass is 16.2. The number of hydrogen-bond donors (Lipinski definition) is 4. The van der Waals surface area contributed by atoms with Crippen LogP contribution in [0.2, 0.25) is 0 Å². The van der Waals surface area contributed by atoms with Gasteiger partial charge in [-0.1, -0.05) is 12.1 Å². The zero-order valence-corrected chi connectivity index (χ0v) is 11.6. The minimum atomic E-state index is -0.257. The van der Waals surface area contributed by atoms with Crippen LogP contribution in [0.4, 0.5) is 10.5 Å². The maximum absolute atomic E-state index is 11.9. The molecule has 1 aromatic carbocycles. The maximum Gasteiger partial charge on any atom is 0.319 e. The molecule has 0 fully saturated rings. The molecule has 5 N–H and O–H groups in total. The van der Waals surface area contributed by atoms with Crippen molar-refractivity contribution in [3.63, 3.8) is 0 Å². The largest absolute Gasteiger partial charge is 0.331 e. The number of aromatic amines is 1. The van der Waals surface area contributed by atoms with Gasteiger partial charge in [0.15, 0.2) is 0 Å². The van der Waals surface area contributed by atoms with Crippen molar-refractivity contribution >= 4 is 11.7 Å². The van der Waals surface area contributed by atoms with E-state index < -0.39 is 0 Å². The third-order valence-electron chi connectivity index (χ3n) is 3.06. The van der Waals surface area contributed by atoms with Crippen LogP contribution in [0.5, 0.6) is 0 Å². The standard InChI is InChI=1S/C14H19N5O/c1-9(15)11-3-5-13(6-4-11)19-14(20)18-10(2)12-7-16-17-8-12/h3-10H,15H2,1-2H3,(H,16,17)(H2,18,19,20). The Morgan fingerprint density at radius 3 is 2.50 bits per heavy atom. The molecule has 0 radical (unpaired) electrons. The first-order valence-electron chi connectivity index (χ1n) is 6.48. The van der Waals surface area contributed by atoms with Crippen molar-refractivity contribution < 1.29 is 4.79 Å². The van der Waals surface area contributed by atoms with Gasteiger partial charge < -0.3 is 16.4 Å². The normalized spacial score (nSPS) is 13.6. The van der Waals surface area contributed by atoms with Crippen molar-refractivity contribution in [3.8, 4) is 0 Å². The second-order valence-corrected chi connectivity index (χ2v) is 4.76. The molecular formula is C14H19N5O. The van der Waals surface area contributed by atoms with E-state index in [0.29, 0.717) is 0 Å². The molecule has 2 atom stereocenters. The Labute approximate surface area is 117 Å². The highest BCUT2D eigenvalue weighted by Gasteiger charge is 2.10. The Kier molecular flexibility index (Phi) is 4.37. The molecule has 1 aromatic heterocycles. The summed E-state index contributed by atoms with van der Waals surface area (Å²) in [5, 5.41) is 12.2. The summed E-state index contributed by atoms with van der Waals surface area (Å²) in [5.41, 5.74) is 8.46. The van der Waals surface area contributed by atoms with Crippen molar-refractivity contribution in [3.05, 3.63) is 47.8 Å². The molecule has 1 heterocycles. The molecule has 0 bridgehead atoms. The first-order chi connectivity index (χ1) is 9.56. The first kappa shape index (κ1) is 14.1. The Bertz CT molecular complexity index is 547. The zero-order valence-electron chi connectivity index (χ0n) is 11.6. The molecule has 2 rings (SSSR count). The smallest absolute Gasteiger partial charge is 0.319 e. The molecule has 0 aliphatic rings. The van der Waals surface area contributed by atoms with Crippen molar-refractivity contribution in [1.29, 1.82) is 0 Å². The van der Waals surface area contributed by atoms with E-state index in [0.717, 1.165) is 16.8 Å². The van der Waals surface area contributed by atoms with Gasteiger partial charge in [0.05, 0.1) is 12.2 Å². The van der Waals surface area contributed by atoms with Crippen LogP contribution < -0.4 is 16.4 Å². The predicted octanol–water partition coefficient (Wildman–Crippen LogP) is 2.31. The van der Waals surface area contributed by atoms with E-state index in [9.17, 15) is 4.79 Å². The number of benzene rings is 1. The summed E-state index contributed by atoms with van der Waals surface area (Å²) in [7, 11) is 0. The van der Waals surface area contributed by atoms with Gasteiger partial charge in [0.1, 0.15) is 0 Å². The quantitative estimate of drug-likeness (QED) is 0.688. The monoisotopic (exact) mass is 273 g/mol. The average molecular weight is 273 g/mol. The predicted molar refractivity (Wildman–Crippen MR) is 78.2 cm³/mol. The van der Waals surface area contributed by atoms with Gasteiger partial charge in [-0.15, -0.1) is 0 Å². The Hall–Kier alpha value is -2.34. The van der Waals surface area contributed by atoms with Gasteiger partial charge in [-0.2, -0.15) is 5.10 Å². The van der Waals surface area contributed by atoms with Gasteiger partial charge in [0.25, 0.3) is 0 Å². The van der Waals surface area contributed by atoms with Gasteiger partial charge in [0.2, 0.25) is 0 Å². The number of H-pyrrole nitrogens is 1. The number of carbonyl (C=O) groups excluding carboxylic acids is 1. The molecule has 2 aromatic rings. The Morgan fingerprint density at radius 1 is 1.25 bits per heavy atom. The molecule has 0 spiro atoms. The highest BCUT2D eigenvalue weighted by molar-refractivity contribution is 5.89. The summed E-state index contributed by atoms with van der Waals surface area (Å²) in [5.74, 6) is 0. The van der Waals surface area contributed by atoms with E-state index in [2.05, 4.69) is 20.8 Å². The Balaban J connectivity index is 1.91. The highest BCUT2D eigenvalue weighted by Crippen LogP contribution is 2.15. The third kappa shape index (κ3) is 3.58. The average Bonchev–Trinajstić information content (AvgIpc) is 2.93. The summed E-state index contributed by atoms with van der Waals surface area (Å²) in [6, 6.07) is 7.09. The van der Waals surface area contributed by atoms with Crippen LogP contribution in [0.3, 0.4) is 0 Å². The van der Waals surface area contributed by atoms with E-state index in [-0.39, 0.29) is 18.1 Å². The SMILES string of the molecule is CC(N)c1ccc(NC(=O)NC(C)c2cn[nH]c2)cc1. The lowest BCUT2D eigenvalue weighted by molar-refractivity contribution is 0.249. The lowest BCUT2D eigenvalue weighted by atomic mass is 10.1. The van der Waals surface area contributed by atoms with Crippen LogP contribution in [0.25, 0.3) is 0 Å². The van der Waals surface area contributed by atoms with Crippen LogP contribution in [0, 0.1) is 0 Å². The molecule has 6 nitrogen and oxygen atoms in total. The number of anilines is 1. The molecule has 6 heteroatoms. The van der Waals surface area contributed by atoms with E-state index in [1.54, 1.807) is 12.4 Å². The molecule has 20 heavy (non-hydrogen) atoms. The number of nitrogens with zero attached hydrogens (tertiary/aromatic N) is 1. The summed E-state index contributed by atoms with van der Waals surface area (Å²) in [6.45, 7) is 3.81. The van der Waals surface area contributed by atoms with Crippen LogP contribution in [-0.2, 0) is 0 Å². The lowest BCUT2D eigenvalue weighted by Crippen LogP contribution is -2.30. The summed E-state index contributed by atoms with van der Waals surface area (Å²) in [4.78, 5) is 11.9. The van der Waals surface area contributed by atoms with Crippen molar-refractivity contribution in [2.75, 3.05) is 5.32 Å². The molecule has 106 valence electrons. The van der Waals surface area contributed by atoms with Crippen LogP contribution in [0.1, 0.15) is 37.1 Å². The Morgan fingerprint density at radius 2 is 1.95 bits per heavy atom. The second-order valence-electron chi connectivity index (χ2n) is 4.76. The fourth-order valence-corrected chi connectivity index (χ4v) is 1.81. The van der Waals surface area contributed by atoms with Crippen molar-refractivity contribution in [1.82, 2.24) is 15.5 Å². The number of hydrogen-bond acceptors (Lipinski definition) is 3. The summed E-state index contributed by atoms with van der Waals surface area (Å²) in [6.07, 6.45) is 3.44. The summed E-state index contributed by atoms with van der Waals surface area (Å²) < 4.78 is 0. The molecule has 0 saturated heterocycles. The molecule has 0 saturated carbocycles. The zero-order chi connectivity index (χ0) is 14.5. The number of nitrogens with two attached hydrogens (primary N) is 1. The van der Waals surface area contributed by atoms with E-state index in [1.165, 1.54) is 0 Å². The third-order valence-corrected chi connectivity index (χ3v) is 3.06. The molecule has 2 amide bonds. The molecular weight excluding hydrogens is 254 g/mol. The summed E-state index contributed by atoms with van der Waals surface area (Å²) >= 11 is 0. The van der Waals surface area contributed by atoms with Gasteiger partial charge >= 0.3 is 6.03 Å². The number of carbonyl (C=O) groups is 1. The van der Waals surface area contributed by atoms with Gasteiger partial charge in [-0.3, -0.25) is 5.10 Å². The second kappa shape index (κ2) is 6.21. The number of aromatic nitrogens is 2. The van der Waals surface area contributed by atoms with Crippen LogP contribution in [0.15, 0.2) is 36.7 Å².